The molecule has 0 heterocycles. The van der Waals surface area contributed by atoms with Gasteiger partial charge in [0.1, 0.15) is 25.9 Å². The van der Waals surface area contributed by atoms with Gasteiger partial charge in [-0.2, -0.15) is 0 Å². The van der Waals surface area contributed by atoms with Gasteiger partial charge in [-0.1, -0.05) is 58.3 Å². The van der Waals surface area contributed by atoms with Gasteiger partial charge in [0.25, 0.3) is 0 Å². The topological polar surface area (TPSA) is 102 Å². The number of hydrogen-bond acceptors (Lipinski definition) is 6. The Morgan fingerprint density at radius 2 is 1.35 bits per heavy atom. The number of hydrogen-bond donors (Lipinski definition) is 2. The van der Waals surface area contributed by atoms with Gasteiger partial charge in [0.05, 0.1) is 0 Å². The van der Waals surface area contributed by atoms with Crippen LogP contribution in [0, 0.1) is 0 Å². The fourth-order valence-electron chi connectivity index (χ4n) is 2.33. The van der Waals surface area contributed by atoms with Crippen molar-refractivity contribution >= 4 is 17.8 Å². The lowest BCUT2D eigenvalue weighted by Gasteiger charge is -2.12. The summed E-state index contributed by atoms with van der Waals surface area (Å²) in [7, 11) is 0. The van der Waals surface area contributed by atoms with Gasteiger partial charge in [-0.05, 0) is 6.42 Å². The molecule has 7 heteroatoms. The number of nitrogens with one attached hydrogen (secondary N) is 1. The van der Waals surface area contributed by atoms with E-state index in [0.29, 0.717) is 6.42 Å². The van der Waals surface area contributed by atoms with Gasteiger partial charge >= 0.3 is 11.9 Å². The smallest absolute Gasteiger partial charge is 0.325 e. The van der Waals surface area contributed by atoms with E-state index >= 15 is 0 Å². The number of ether oxygens (including phenoxy) is 2. The van der Waals surface area contributed by atoms with E-state index in [1.54, 1.807) is 0 Å². The maximum Gasteiger partial charge on any atom is 0.325 e. The van der Waals surface area contributed by atoms with Crippen LogP contribution in [0.1, 0.15) is 78.1 Å². The Morgan fingerprint density at radius 3 is 1.88 bits per heavy atom. The molecule has 0 aliphatic rings. The van der Waals surface area contributed by atoms with Crippen LogP contribution < -0.4 is 5.32 Å². The third-order valence-electron chi connectivity index (χ3n) is 3.84. The Labute approximate surface area is 156 Å². The summed E-state index contributed by atoms with van der Waals surface area (Å²) in [5.74, 6) is -1.34. The van der Waals surface area contributed by atoms with Crippen molar-refractivity contribution in [2.45, 2.75) is 84.2 Å². The molecular formula is C19H35NO6. The number of rotatable bonds is 16. The zero-order valence-corrected chi connectivity index (χ0v) is 16.3. The van der Waals surface area contributed by atoms with Crippen LogP contribution in [-0.4, -0.2) is 48.8 Å². The van der Waals surface area contributed by atoms with E-state index in [-0.39, 0.29) is 31.6 Å². The first kappa shape index (κ1) is 24.4. The van der Waals surface area contributed by atoms with Crippen LogP contribution >= 0.6 is 0 Å². The summed E-state index contributed by atoms with van der Waals surface area (Å²) in [6.07, 6.45) is 9.85. The summed E-state index contributed by atoms with van der Waals surface area (Å²) in [5.41, 5.74) is 0. The highest BCUT2D eigenvalue weighted by Crippen LogP contribution is 2.10. The van der Waals surface area contributed by atoms with E-state index in [4.69, 9.17) is 9.47 Å². The Morgan fingerprint density at radius 1 is 0.846 bits per heavy atom. The molecule has 26 heavy (non-hydrogen) atoms. The minimum atomic E-state index is -1.07. The molecule has 0 rings (SSSR count). The van der Waals surface area contributed by atoms with Gasteiger partial charge < -0.3 is 19.9 Å². The quantitative estimate of drug-likeness (QED) is 0.318. The van der Waals surface area contributed by atoms with Crippen LogP contribution in [0.4, 0.5) is 0 Å². The first-order valence-electron chi connectivity index (χ1n) is 9.69. The molecule has 0 bridgehead atoms. The van der Waals surface area contributed by atoms with Gasteiger partial charge in [0, 0.05) is 13.3 Å². The molecule has 0 spiro atoms. The molecule has 0 saturated carbocycles. The fraction of sp³-hybridized carbons (Fsp3) is 0.842. The zero-order chi connectivity index (χ0) is 19.6. The van der Waals surface area contributed by atoms with Crippen molar-refractivity contribution < 1.29 is 29.0 Å². The SMILES string of the molecule is CCCCCCCCCCCC(=O)OCC(O)COC(=O)CNC(C)=O. The molecule has 1 atom stereocenters. The van der Waals surface area contributed by atoms with E-state index in [1.807, 2.05) is 0 Å². The number of unbranched alkanes of at least 4 members (excludes halogenated alkanes) is 8. The summed E-state index contributed by atoms with van der Waals surface area (Å²) >= 11 is 0. The number of esters is 2. The van der Waals surface area contributed by atoms with E-state index in [0.717, 1.165) is 19.3 Å². The third-order valence-corrected chi connectivity index (χ3v) is 3.84. The van der Waals surface area contributed by atoms with Crippen LogP contribution in [0.3, 0.4) is 0 Å². The van der Waals surface area contributed by atoms with Crippen LogP contribution in [0.15, 0.2) is 0 Å². The molecule has 1 amide bonds. The van der Waals surface area contributed by atoms with Crippen LogP contribution in [0.2, 0.25) is 0 Å². The Kier molecular flexibility index (Phi) is 15.8. The Balaban J connectivity index is 3.49. The number of aliphatic hydroxyl groups excluding tert-OH is 1. The monoisotopic (exact) mass is 373 g/mol. The molecule has 1 unspecified atom stereocenters. The molecule has 2 N–H and O–H groups in total. The molecule has 152 valence electrons. The fourth-order valence-corrected chi connectivity index (χ4v) is 2.33. The van der Waals surface area contributed by atoms with Gasteiger partial charge in [-0.3, -0.25) is 14.4 Å². The van der Waals surface area contributed by atoms with Crippen molar-refractivity contribution in [3.05, 3.63) is 0 Å². The summed E-state index contributed by atoms with van der Waals surface area (Å²) < 4.78 is 9.71. The molecule has 0 aliphatic heterocycles. The zero-order valence-electron chi connectivity index (χ0n) is 16.3. The molecule has 0 saturated heterocycles. The molecular weight excluding hydrogens is 338 g/mol. The normalized spacial score (nSPS) is 11.7. The summed E-state index contributed by atoms with van der Waals surface area (Å²) in [6.45, 7) is 2.77. The number of amides is 1. The minimum absolute atomic E-state index is 0.205. The molecule has 0 aromatic carbocycles. The molecule has 0 aliphatic carbocycles. The maximum absolute atomic E-state index is 11.6. The second kappa shape index (κ2) is 16.8. The van der Waals surface area contributed by atoms with Gasteiger partial charge in [-0.25, -0.2) is 0 Å². The lowest BCUT2D eigenvalue weighted by Crippen LogP contribution is -2.31. The highest BCUT2D eigenvalue weighted by atomic mass is 16.6. The minimum Gasteiger partial charge on any atom is -0.463 e. The van der Waals surface area contributed by atoms with Crippen molar-refractivity contribution in [2.75, 3.05) is 19.8 Å². The average Bonchev–Trinajstić information content (AvgIpc) is 2.61. The number of carbonyl (C=O) groups is 3. The highest BCUT2D eigenvalue weighted by molar-refractivity contribution is 5.80. The van der Waals surface area contributed by atoms with Crippen molar-refractivity contribution in [3.8, 4) is 0 Å². The lowest BCUT2D eigenvalue weighted by molar-refractivity contribution is -0.152. The Bertz CT molecular complexity index is 399. The highest BCUT2D eigenvalue weighted by Gasteiger charge is 2.12. The Hall–Kier alpha value is -1.63. The van der Waals surface area contributed by atoms with Gasteiger partial charge in [0.2, 0.25) is 5.91 Å². The van der Waals surface area contributed by atoms with Crippen LogP contribution in [0.5, 0.6) is 0 Å². The van der Waals surface area contributed by atoms with Gasteiger partial charge in [0.15, 0.2) is 0 Å². The predicted octanol–water partition coefficient (Wildman–Crippen LogP) is 2.49. The molecule has 0 radical (unpaired) electrons. The second-order valence-electron chi connectivity index (χ2n) is 6.51. The first-order valence-corrected chi connectivity index (χ1v) is 9.69. The van der Waals surface area contributed by atoms with Crippen molar-refractivity contribution in [2.24, 2.45) is 0 Å². The number of carbonyl (C=O) groups excluding carboxylic acids is 3. The van der Waals surface area contributed by atoms with Crippen LogP contribution in [-0.2, 0) is 23.9 Å². The van der Waals surface area contributed by atoms with Crippen molar-refractivity contribution in [1.82, 2.24) is 5.32 Å². The lowest BCUT2D eigenvalue weighted by atomic mass is 10.1. The summed E-state index contributed by atoms with van der Waals surface area (Å²) in [6, 6.07) is 0. The molecule has 0 aromatic heterocycles. The molecule has 7 nitrogen and oxygen atoms in total. The maximum atomic E-state index is 11.6. The molecule has 0 fully saturated rings. The standard InChI is InChI=1S/C19H35NO6/c1-3-4-5-6-7-8-9-10-11-12-18(23)25-14-17(22)15-26-19(24)13-20-16(2)21/h17,22H,3-15H2,1-2H3,(H,20,21). The summed E-state index contributed by atoms with van der Waals surface area (Å²) in [5, 5.41) is 11.9. The van der Waals surface area contributed by atoms with Crippen molar-refractivity contribution in [1.29, 1.82) is 0 Å². The van der Waals surface area contributed by atoms with Gasteiger partial charge in [-0.15, -0.1) is 0 Å². The van der Waals surface area contributed by atoms with E-state index in [2.05, 4.69) is 12.2 Å². The number of aliphatic hydroxyl groups is 1. The van der Waals surface area contributed by atoms with Crippen molar-refractivity contribution in [3.63, 3.8) is 0 Å². The molecule has 0 aromatic rings. The first-order chi connectivity index (χ1) is 12.5. The van der Waals surface area contributed by atoms with E-state index in [9.17, 15) is 19.5 Å². The third kappa shape index (κ3) is 17.2. The predicted molar refractivity (Wildman–Crippen MR) is 98.5 cm³/mol. The second-order valence-corrected chi connectivity index (χ2v) is 6.51. The van der Waals surface area contributed by atoms with E-state index < -0.39 is 12.1 Å². The summed E-state index contributed by atoms with van der Waals surface area (Å²) in [4.78, 5) is 33.5. The van der Waals surface area contributed by atoms with E-state index in [1.165, 1.54) is 45.4 Å². The largest absolute Gasteiger partial charge is 0.463 e. The average molecular weight is 373 g/mol. The van der Waals surface area contributed by atoms with Crippen LogP contribution in [0.25, 0.3) is 0 Å².